The molecule has 2 atom stereocenters. The van der Waals surface area contributed by atoms with Gasteiger partial charge < -0.3 is 5.32 Å². The van der Waals surface area contributed by atoms with E-state index < -0.39 is 17.7 Å². The zero-order valence-corrected chi connectivity index (χ0v) is 15.6. The first-order valence-corrected chi connectivity index (χ1v) is 9.39. The molecule has 142 valence electrons. The number of nitrogens with one attached hydrogen (secondary N) is 2. The van der Waals surface area contributed by atoms with Crippen molar-refractivity contribution in [3.63, 3.8) is 0 Å². The molecule has 3 amide bonds. The van der Waals surface area contributed by atoms with Crippen molar-refractivity contribution in [2.75, 3.05) is 5.32 Å². The van der Waals surface area contributed by atoms with Crippen molar-refractivity contribution in [2.45, 2.75) is 19.3 Å². The van der Waals surface area contributed by atoms with Crippen molar-refractivity contribution in [2.24, 2.45) is 11.8 Å². The lowest BCUT2D eigenvalue weighted by molar-refractivity contribution is -0.137. The molecular weight excluding hydrogens is 380 g/mol. The number of amides is 3. The fourth-order valence-electron chi connectivity index (χ4n) is 3.86. The van der Waals surface area contributed by atoms with E-state index in [-0.39, 0.29) is 24.0 Å². The number of benzene rings is 2. The molecule has 2 aliphatic rings. The van der Waals surface area contributed by atoms with Crippen LogP contribution in [0.15, 0.2) is 42.5 Å². The number of hydrogen-bond donors (Lipinski definition) is 2. The van der Waals surface area contributed by atoms with E-state index in [2.05, 4.69) is 10.6 Å². The monoisotopic (exact) mass is 396 g/mol. The SMILES string of the molecule is O=C1CCC(C2Cc3c(ccc(NC(=O)c4ccccc4)c3Cl)C2=O)C(=O)N1. The van der Waals surface area contributed by atoms with E-state index in [1.807, 2.05) is 6.07 Å². The van der Waals surface area contributed by atoms with E-state index in [0.29, 0.717) is 40.2 Å². The third kappa shape index (κ3) is 3.20. The minimum Gasteiger partial charge on any atom is -0.321 e. The molecule has 7 heteroatoms. The highest BCUT2D eigenvalue weighted by Gasteiger charge is 2.42. The minimum absolute atomic E-state index is 0.146. The highest BCUT2D eigenvalue weighted by molar-refractivity contribution is 6.35. The Balaban J connectivity index is 1.58. The number of hydrogen-bond acceptors (Lipinski definition) is 4. The number of carbonyl (C=O) groups is 4. The second-order valence-corrected chi connectivity index (χ2v) is 7.38. The molecule has 4 rings (SSSR count). The standard InChI is InChI=1S/C21H17ClN2O4/c22-18-14-10-15(13-7-9-17(25)24-21(13)28)19(26)12(14)6-8-16(18)23-20(27)11-4-2-1-3-5-11/h1-6,8,13,15H,7,9-10H2,(H,23,27)(H,24,25,28). The second kappa shape index (κ2) is 7.20. The number of anilines is 1. The van der Waals surface area contributed by atoms with Gasteiger partial charge in [-0.15, -0.1) is 0 Å². The Morgan fingerprint density at radius 3 is 2.50 bits per heavy atom. The summed E-state index contributed by atoms with van der Waals surface area (Å²) < 4.78 is 0. The molecule has 2 aromatic rings. The number of fused-ring (bicyclic) bond motifs is 1. The highest BCUT2D eigenvalue weighted by Crippen LogP contribution is 2.41. The van der Waals surface area contributed by atoms with Crippen LogP contribution in [0.3, 0.4) is 0 Å². The fraction of sp³-hybridized carbons (Fsp3) is 0.238. The number of Topliss-reactive ketones (excluding diaryl/α,β-unsaturated/α-hetero) is 1. The van der Waals surface area contributed by atoms with Crippen LogP contribution in [0.25, 0.3) is 0 Å². The Kier molecular flexibility index (Phi) is 4.73. The molecule has 0 aromatic heterocycles. The van der Waals surface area contributed by atoms with Crippen molar-refractivity contribution in [3.05, 3.63) is 64.2 Å². The lowest BCUT2D eigenvalue weighted by Gasteiger charge is -2.24. The molecule has 28 heavy (non-hydrogen) atoms. The molecular formula is C21H17ClN2O4. The van der Waals surface area contributed by atoms with Gasteiger partial charge in [0.15, 0.2) is 5.78 Å². The van der Waals surface area contributed by atoms with Gasteiger partial charge in [0.25, 0.3) is 5.91 Å². The first kappa shape index (κ1) is 18.4. The molecule has 1 aliphatic carbocycles. The van der Waals surface area contributed by atoms with Crippen LogP contribution < -0.4 is 10.6 Å². The Morgan fingerprint density at radius 1 is 1.04 bits per heavy atom. The molecule has 2 unspecified atom stereocenters. The van der Waals surface area contributed by atoms with Gasteiger partial charge in [-0.2, -0.15) is 0 Å². The number of rotatable bonds is 3. The summed E-state index contributed by atoms with van der Waals surface area (Å²) in [6.45, 7) is 0. The summed E-state index contributed by atoms with van der Waals surface area (Å²) in [5.74, 6) is -2.25. The van der Waals surface area contributed by atoms with E-state index in [1.165, 1.54) is 0 Å². The average molecular weight is 397 g/mol. The zero-order chi connectivity index (χ0) is 19.8. The van der Waals surface area contributed by atoms with Crippen LogP contribution in [0.4, 0.5) is 5.69 Å². The normalized spacial score (nSPS) is 21.2. The van der Waals surface area contributed by atoms with Crippen LogP contribution in [0, 0.1) is 11.8 Å². The number of carbonyl (C=O) groups excluding carboxylic acids is 4. The van der Waals surface area contributed by atoms with Gasteiger partial charge in [0.1, 0.15) is 0 Å². The van der Waals surface area contributed by atoms with E-state index >= 15 is 0 Å². The number of ketones is 1. The maximum Gasteiger partial charge on any atom is 0.255 e. The Morgan fingerprint density at radius 2 is 1.79 bits per heavy atom. The van der Waals surface area contributed by atoms with Gasteiger partial charge >= 0.3 is 0 Å². The highest BCUT2D eigenvalue weighted by atomic mass is 35.5. The summed E-state index contributed by atoms with van der Waals surface area (Å²) in [6, 6.07) is 12.0. The van der Waals surface area contributed by atoms with Gasteiger partial charge in [-0.05, 0) is 42.7 Å². The Labute approximate surface area is 166 Å². The summed E-state index contributed by atoms with van der Waals surface area (Å²) in [5, 5.41) is 5.39. The summed E-state index contributed by atoms with van der Waals surface area (Å²) >= 11 is 6.49. The maximum atomic E-state index is 12.8. The van der Waals surface area contributed by atoms with Crippen molar-refractivity contribution in [3.8, 4) is 0 Å². The molecule has 1 fully saturated rings. The molecule has 0 bridgehead atoms. The summed E-state index contributed by atoms with van der Waals surface area (Å²) in [5.41, 5.74) is 2.02. The van der Waals surface area contributed by atoms with Gasteiger partial charge in [0.2, 0.25) is 11.8 Å². The lowest BCUT2D eigenvalue weighted by Crippen LogP contribution is -2.44. The van der Waals surface area contributed by atoms with E-state index in [9.17, 15) is 19.2 Å². The molecule has 0 spiro atoms. The summed E-state index contributed by atoms with van der Waals surface area (Å²) in [4.78, 5) is 48.8. The van der Waals surface area contributed by atoms with Gasteiger partial charge in [-0.1, -0.05) is 29.8 Å². The van der Waals surface area contributed by atoms with Crippen LogP contribution in [0.2, 0.25) is 5.02 Å². The molecule has 2 N–H and O–H groups in total. The Hall–Kier alpha value is -2.99. The van der Waals surface area contributed by atoms with Gasteiger partial charge in [-0.3, -0.25) is 24.5 Å². The van der Waals surface area contributed by atoms with Crippen molar-refractivity contribution in [1.29, 1.82) is 0 Å². The smallest absolute Gasteiger partial charge is 0.255 e. The minimum atomic E-state index is -0.545. The quantitative estimate of drug-likeness (QED) is 0.780. The van der Waals surface area contributed by atoms with E-state index in [1.54, 1.807) is 36.4 Å². The second-order valence-electron chi connectivity index (χ2n) is 7.01. The van der Waals surface area contributed by atoms with Gasteiger partial charge in [0.05, 0.1) is 10.7 Å². The molecule has 1 heterocycles. The molecule has 2 aromatic carbocycles. The van der Waals surface area contributed by atoms with Crippen LogP contribution in [-0.4, -0.2) is 23.5 Å². The average Bonchev–Trinajstić information content (AvgIpc) is 3.02. The van der Waals surface area contributed by atoms with Crippen molar-refractivity contribution < 1.29 is 19.2 Å². The molecule has 6 nitrogen and oxygen atoms in total. The largest absolute Gasteiger partial charge is 0.321 e. The van der Waals surface area contributed by atoms with Crippen LogP contribution in [0.5, 0.6) is 0 Å². The molecule has 1 saturated heterocycles. The van der Waals surface area contributed by atoms with Gasteiger partial charge in [0, 0.05) is 29.4 Å². The van der Waals surface area contributed by atoms with Crippen molar-refractivity contribution >= 4 is 40.8 Å². The van der Waals surface area contributed by atoms with E-state index in [0.717, 1.165) is 0 Å². The first-order chi connectivity index (χ1) is 13.5. The number of imide groups is 1. The molecule has 1 aliphatic heterocycles. The lowest BCUT2D eigenvalue weighted by atomic mass is 9.83. The number of halogens is 1. The summed E-state index contributed by atoms with van der Waals surface area (Å²) in [6.07, 6.45) is 0.890. The topological polar surface area (TPSA) is 92.3 Å². The maximum absolute atomic E-state index is 12.8. The van der Waals surface area contributed by atoms with Crippen LogP contribution in [-0.2, 0) is 16.0 Å². The predicted octanol–water partition coefficient (Wildman–Crippen LogP) is 3.00. The van der Waals surface area contributed by atoms with Crippen LogP contribution in [0.1, 0.15) is 39.1 Å². The number of piperidine rings is 1. The first-order valence-electron chi connectivity index (χ1n) is 9.01. The zero-order valence-electron chi connectivity index (χ0n) is 14.8. The van der Waals surface area contributed by atoms with Crippen LogP contribution >= 0.6 is 11.6 Å². The van der Waals surface area contributed by atoms with Gasteiger partial charge in [-0.25, -0.2) is 0 Å². The summed E-state index contributed by atoms with van der Waals surface area (Å²) in [7, 11) is 0. The van der Waals surface area contributed by atoms with E-state index in [4.69, 9.17) is 11.6 Å². The molecule has 0 saturated carbocycles. The predicted molar refractivity (Wildman–Crippen MR) is 103 cm³/mol. The Bertz CT molecular complexity index is 1000. The van der Waals surface area contributed by atoms with Crippen molar-refractivity contribution in [1.82, 2.24) is 5.32 Å². The third-order valence-electron chi connectivity index (χ3n) is 5.32. The molecule has 0 radical (unpaired) electrons. The third-order valence-corrected chi connectivity index (χ3v) is 5.75. The fourth-order valence-corrected chi connectivity index (χ4v) is 4.15.